The number of aliphatic hydroxyl groups is 2. The van der Waals surface area contributed by atoms with Crippen LogP contribution in [-0.2, 0) is 27.1 Å². The Morgan fingerprint density at radius 2 is 1.97 bits per heavy atom. The fraction of sp³-hybridized carbons (Fsp3) is 0.741. The number of ether oxygens (including phenoxy) is 4. The van der Waals surface area contributed by atoms with Crippen LogP contribution in [0.1, 0.15) is 69.9 Å². The maximum absolute atomic E-state index is 12.2. The molecule has 2 aliphatic rings. The third kappa shape index (κ3) is 7.09. The number of aliphatic hydroxyl groups excluding tert-OH is 2. The van der Waals surface area contributed by atoms with Gasteiger partial charge >= 0.3 is 6.16 Å². The van der Waals surface area contributed by atoms with Crippen LogP contribution >= 0.6 is 0 Å². The first-order chi connectivity index (χ1) is 16.5. The minimum absolute atomic E-state index is 0.0776. The van der Waals surface area contributed by atoms with Crippen LogP contribution in [0.3, 0.4) is 0 Å². The van der Waals surface area contributed by atoms with Gasteiger partial charge in [0.25, 0.3) is 0 Å². The Balaban J connectivity index is 1.71. The topological polar surface area (TPSA) is 94.5 Å². The lowest BCUT2D eigenvalue weighted by molar-refractivity contribution is -0.0969. The molecule has 0 aliphatic heterocycles. The average molecular weight is 479 g/mol. The lowest BCUT2D eigenvalue weighted by Gasteiger charge is -2.33. The number of methoxy groups -OCH3 is 1. The minimum Gasteiger partial charge on any atom is -0.488 e. The van der Waals surface area contributed by atoms with Crippen LogP contribution in [-0.4, -0.2) is 55.2 Å². The molecular formula is C27H42O7. The zero-order valence-corrected chi connectivity index (χ0v) is 20.9. The second-order valence-electron chi connectivity index (χ2n) is 9.69. The van der Waals surface area contributed by atoms with E-state index in [1.165, 1.54) is 18.2 Å². The lowest BCUT2D eigenvalue weighted by atomic mass is 9.73. The smallest absolute Gasteiger partial charge is 0.488 e. The van der Waals surface area contributed by atoms with Gasteiger partial charge in [-0.15, -0.1) is 0 Å². The number of unbranched alkanes of at least 4 members (excludes halogenated alkanes) is 2. The molecule has 1 unspecified atom stereocenters. The van der Waals surface area contributed by atoms with Crippen molar-refractivity contribution in [2.24, 2.45) is 17.8 Å². The predicted molar refractivity (Wildman–Crippen MR) is 129 cm³/mol. The van der Waals surface area contributed by atoms with Crippen molar-refractivity contribution >= 4 is 6.16 Å². The van der Waals surface area contributed by atoms with Gasteiger partial charge in [-0.1, -0.05) is 38.3 Å². The zero-order valence-electron chi connectivity index (χ0n) is 20.9. The van der Waals surface area contributed by atoms with Crippen molar-refractivity contribution < 1.29 is 34.0 Å². The number of fused-ring (bicyclic) bond motifs is 2. The van der Waals surface area contributed by atoms with E-state index in [1.807, 2.05) is 12.1 Å². The van der Waals surface area contributed by atoms with Gasteiger partial charge < -0.3 is 29.2 Å². The number of rotatable bonds is 13. The molecular weight excluding hydrogens is 436 g/mol. The van der Waals surface area contributed by atoms with E-state index in [1.54, 1.807) is 6.92 Å². The number of hydrogen-bond acceptors (Lipinski definition) is 7. The molecule has 0 amide bonds. The largest absolute Gasteiger partial charge is 0.508 e. The zero-order chi connectivity index (χ0) is 24.5. The third-order valence-corrected chi connectivity index (χ3v) is 7.46. The molecule has 0 aromatic heterocycles. The first-order valence-electron chi connectivity index (χ1n) is 12.9. The summed E-state index contributed by atoms with van der Waals surface area (Å²) in [7, 11) is 1.45. The summed E-state index contributed by atoms with van der Waals surface area (Å²) in [6.07, 6.45) is 6.17. The van der Waals surface area contributed by atoms with Crippen LogP contribution in [0.5, 0.6) is 5.75 Å². The summed E-state index contributed by atoms with van der Waals surface area (Å²) in [6, 6.07) is 6.07. The van der Waals surface area contributed by atoms with E-state index in [0.717, 1.165) is 63.5 Å². The summed E-state index contributed by atoms with van der Waals surface area (Å²) in [4.78, 5) is 12.2. The molecule has 0 radical (unpaired) electrons. The average Bonchev–Trinajstić information content (AvgIpc) is 3.15. The van der Waals surface area contributed by atoms with E-state index >= 15 is 0 Å². The molecule has 1 aromatic rings. The molecule has 2 aliphatic carbocycles. The molecule has 192 valence electrons. The van der Waals surface area contributed by atoms with Gasteiger partial charge in [-0.25, -0.2) is 4.79 Å². The van der Waals surface area contributed by atoms with Crippen molar-refractivity contribution in [3.8, 4) is 5.75 Å². The molecule has 3 rings (SSSR count). The van der Waals surface area contributed by atoms with E-state index < -0.39 is 12.4 Å². The highest BCUT2D eigenvalue weighted by Gasteiger charge is 2.47. The Morgan fingerprint density at radius 1 is 1.15 bits per heavy atom. The van der Waals surface area contributed by atoms with Gasteiger partial charge in [0.05, 0.1) is 12.7 Å². The van der Waals surface area contributed by atoms with Crippen LogP contribution in [0.25, 0.3) is 0 Å². The first-order valence-corrected chi connectivity index (χ1v) is 12.9. The van der Waals surface area contributed by atoms with E-state index in [0.29, 0.717) is 18.4 Å². The Morgan fingerprint density at radius 3 is 2.71 bits per heavy atom. The maximum atomic E-state index is 12.2. The molecule has 0 saturated heterocycles. The quantitative estimate of drug-likeness (QED) is 0.242. The summed E-state index contributed by atoms with van der Waals surface area (Å²) in [5, 5.41) is 20.2. The second-order valence-corrected chi connectivity index (χ2v) is 9.69. The number of carbonyl (C=O) groups is 1. The molecule has 2 N–H and O–H groups in total. The normalized spacial score (nSPS) is 25.2. The Labute approximate surface area is 203 Å². The van der Waals surface area contributed by atoms with Crippen molar-refractivity contribution in [3.05, 3.63) is 29.3 Å². The summed E-state index contributed by atoms with van der Waals surface area (Å²) in [5.41, 5.74) is 2.41. The van der Waals surface area contributed by atoms with Gasteiger partial charge in [0, 0.05) is 7.11 Å². The highest BCUT2D eigenvalue weighted by atomic mass is 16.7. The Hall–Kier alpha value is -1.83. The van der Waals surface area contributed by atoms with Gasteiger partial charge in [0.1, 0.15) is 18.5 Å². The summed E-state index contributed by atoms with van der Waals surface area (Å²) >= 11 is 0. The Kier molecular flexibility index (Phi) is 10.5. The van der Waals surface area contributed by atoms with E-state index in [4.69, 9.17) is 18.9 Å². The van der Waals surface area contributed by atoms with E-state index in [9.17, 15) is 15.0 Å². The van der Waals surface area contributed by atoms with Gasteiger partial charge in [-0.05, 0) is 80.4 Å². The first kappa shape index (κ1) is 26.8. The van der Waals surface area contributed by atoms with Gasteiger partial charge in [0.2, 0.25) is 0 Å². The predicted octanol–water partition coefficient (Wildman–Crippen LogP) is 4.64. The molecule has 0 spiro atoms. The monoisotopic (exact) mass is 478 g/mol. The molecule has 1 aromatic carbocycles. The molecule has 0 bridgehead atoms. The number of benzene rings is 1. The summed E-state index contributed by atoms with van der Waals surface area (Å²) in [5.74, 6) is 1.73. The Bertz CT molecular complexity index is 767. The van der Waals surface area contributed by atoms with Crippen LogP contribution in [0, 0.1) is 17.8 Å². The van der Waals surface area contributed by atoms with Crippen molar-refractivity contribution in [1.82, 2.24) is 0 Å². The number of carbonyl (C=O) groups excluding carboxylic acids is 1. The molecule has 6 atom stereocenters. The van der Waals surface area contributed by atoms with Gasteiger partial charge in [-0.3, -0.25) is 0 Å². The van der Waals surface area contributed by atoms with E-state index in [-0.39, 0.29) is 24.7 Å². The second kappa shape index (κ2) is 13.3. The van der Waals surface area contributed by atoms with Crippen molar-refractivity contribution in [2.75, 3.05) is 20.3 Å². The van der Waals surface area contributed by atoms with Gasteiger partial charge in [0.15, 0.2) is 6.29 Å². The SMILES string of the molecule is CCCCC[C@@H](O)CC[C@@H]1[C@H]2Cc3cccc(OCC(O)OC)c3C[C@H]2C[C@H]1OC(=O)OCC. The number of hydrogen-bond donors (Lipinski definition) is 2. The molecule has 0 heterocycles. The minimum atomic E-state index is -0.964. The van der Waals surface area contributed by atoms with Gasteiger partial charge in [-0.2, -0.15) is 0 Å². The van der Waals surface area contributed by atoms with Crippen LogP contribution in [0.15, 0.2) is 18.2 Å². The molecule has 7 heteroatoms. The molecule has 1 fully saturated rings. The molecule has 7 nitrogen and oxygen atoms in total. The highest BCUT2D eigenvalue weighted by Crippen LogP contribution is 2.49. The van der Waals surface area contributed by atoms with Crippen molar-refractivity contribution in [2.45, 2.75) is 90.1 Å². The third-order valence-electron chi connectivity index (χ3n) is 7.46. The van der Waals surface area contributed by atoms with Crippen molar-refractivity contribution in [1.29, 1.82) is 0 Å². The fourth-order valence-electron chi connectivity index (χ4n) is 5.71. The summed E-state index contributed by atoms with van der Waals surface area (Å²) < 4.78 is 21.6. The van der Waals surface area contributed by atoms with Crippen molar-refractivity contribution in [3.63, 3.8) is 0 Å². The summed E-state index contributed by atoms with van der Waals surface area (Å²) in [6.45, 7) is 4.31. The lowest BCUT2D eigenvalue weighted by Crippen LogP contribution is -2.30. The highest BCUT2D eigenvalue weighted by molar-refractivity contribution is 5.60. The molecule has 34 heavy (non-hydrogen) atoms. The fourth-order valence-corrected chi connectivity index (χ4v) is 5.71. The van der Waals surface area contributed by atoms with Crippen LogP contribution < -0.4 is 4.74 Å². The van der Waals surface area contributed by atoms with E-state index in [2.05, 4.69) is 13.0 Å². The van der Waals surface area contributed by atoms with Crippen LogP contribution in [0.2, 0.25) is 0 Å². The maximum Gasteiger partial charge on any atom is 0.508 e. The standard InChI is InChI=1S/C27H42O7/c1-4-6-7-10-20(28)12-13-21-22-14-18-9-8-11-24(33-17-26(29)31-3)23(18)15-19(22)16-25(21)34-27(30)32-5-2/h8-9,11,19-22,25-26,28-29H,4-7,10,12-17H2,1-3H3/t19-,20+,21+,22-,25+,26?/m0/s1. The molecule has 1 saturated carbocycles. The van der Waals surface area contributed by atoms with Crippen LogP contribution in [0.4, 0.5) is 4.79 Å².